The maximum absolute atomic E-state index is 12.1. The van der Waals surface area contributed by atoms with E-state index in [0.717, 1.165) is 5.69 Å². The predicted molar refractivity (Wildman–Crippen MR) is 76.8 cm³/mol. The third kappa shape index (κ3) is 3.36. The number of carbonyl (C=O) groups is 2. The Bertz CT molecular complexity index is 536. The summed E-state index contributed by atoms with van der Waals surface area (Å²) in [4.78, 5) is 26.3. The smallest absolute Gasteiger partial charge is 0.248 e. The van der Waals surface area contributed by atoms with Crippen LogP contribution in [0.5, 0.6) is 0 Å². The number of anilines is 1. The summed E-state index contributed by atoms with van der Waals surface area (Å²) in [5.41, 5.74) is 0.759. The Morgan fingerprint density at radius 2 is 2.00 bits per heavy atom. The summed E-state index contributed by atoms with van der Waals surface area (Å²) in [6.07, 6.45) is 0. The fourth-order valence-corrected chi connectivity index (χ4v) is 2.10. The van der Waals surface area contributed by atoms with Crippen molar-refractivity contribution in [2.45, 2.75) is 26.2 Å². The van der Waals surface area contributed by atoms with Crippen molar-refractivity contribution in [3.63, 3.8) is 0 Å². The number of rotatable bonds is 2. The molecule has 0 unspecified atom stereocenters. The molecule has 2 amide bonds. The molecule has 1 N–H and O–H groups in total. The Hall–Kier alpha value is -2.02. The fraction of sp³-hybridized carbons (Fsp3) is 0.571. The van der Waals surface area contributed by atoms with Crippen molar-refractivity contribution in [3.05, 3.63) is 17.8 Å². The topological polar surface area (TPSA) is 86.6 Å². The van der Waals surface area contributed by atoms with E-state index in [9.17, 15) is 9.59 Å². The van der Waals surface area contributed by atoms with Crippen LogP contribution in [0, 0.1) is 0 Å². The zero-order valence-electron chi connectivity index (χ0n) is 12.5. The number of aliphatic hydroxyl groups excluding tert-OH is 1. The molecule has 1 saturated heterocycles. The van der Waals surface area contributed by atoms with Crippen LogP contribution in [0.1, 0.15) is 26.5 Å². The van der Waals surface area contributed by atoms with Crippen LogP contribution in [0.2, 0.25) is 0 Å². The average molecular weight is 292 g/mol. The molecule has 2 rings (SSSR count). The summed E-state index contributed by atoms with van der Waals surface area (Å²) in [6, 6.07) is 3.63. The number of hydrogen-bond donors (Lipinski definition) is 1. The molecule has 0 aliphatic carbocycles. The number of piperazine rings is 1. The summed E-state index contributed by atoms with van der Waals surface area (Å²) in [5, 5.41) is 17.1. The molecule has 0 spiro atoms. The summed E-state index contributed by atoms with van der Waals surface area (Å²) in [7, 11) is 0. The molecule has 0 radical (unpaired) electrons. The van der Waals surface area contributed by atoms with Gasteiger partial charge in [-0.2, -0.15) is 5.10 Å². The van der Waals surface area contributed by atoms with E-state index in [2.05, 4.69) is 10.2 Å². The lowest BCUT2D eigenvalue weighted by molar-refractivity contribution is -0.139. The molecule has 0 aromatic carbocycles. The number of carbonyl (C=O) groups excluding carboxylic acids is 2. The highest BCUT2D eigenvalue weighted by Crippen LogP contribution is 2.21. The van der Waals surface area contributed by atoms with E-state index in [1.54, 1.807) is 6.07 Å². The molecular formula is C14H20N4O3. The second-order valence-electron chi connectivity index (χ2n) is 6.05. The van der Waals surface area contributed by atoms with Gasteiger partial charge >= 0.3 is 0 Å². The first-order valence-electron chi connectivity index (χ1n) is 6.86. The molecule has 7 nitrogen and oxygen atoms in total. The second kappa shape index (κ2) is 5.77. The normalized spacial score (nSPS) is 16.3. The minimum atomic E-state index is -0.576. The van der Waals surface area contributed by atoms with Crippen molar-refractivity contribution in [1.82, 2.24) is 15.1 Å². The van der Waals surface area contributed by atoms with Crippen molar-refractivity contribution in [3.8, 4) is 0 Å². The molecule has 2 heterocycles. The fourth-order valence-electron chi connectivity index (χ4n) is 2.10. The van der Waals surface area contributed by atoms with E-state index in [1.807, 2.05) is 26.8 Å². The molecule has 0 bridgehead atoms. The molecule has 0 atom stereocenters. The molecule has 1 aliphatic heterocycles. The SMILES string of the molecule is CC(C)(C)c1ccc(N2CCN(C(=O)CO)CC2=O)nn1. The molecule has 1 aromatic heterocycles. The van der Waals surface area contributed by atoms with Crippen LogP contribution in [-0.2, 0) is 15.0 Å². The Labute approximate surface area is 123 Å². The average Bonchev–Trinajstić information content (AvgIpc) is 2.45. The molecular weight excluding hydrogens is 272 g/mol. The van der Waals surface area contributed by atoms with Gasteiger partial charge in [0.1, 0.15) is 13.2 Å². The minimum absolute atomic E-state index is 0.0396. The van der Waals surface area contributed by atoms with Gasteiger partial charge in [-0.25, -0.2) is 0 Å². The van der Waals surface area contributed by atoms with Gasteiger partial charge in [0.15, 0.2) is 5.82 Å². The van der Waals surface area contributed by atoms with E-state index < -0.39 is 12.5 Å². The molecule has 0 saturated carbocycles. The minimum Gasteiger partial charge on any atom is -0.387 e. The third-order valence-electron chi connectivity index (χ3n) is 3.40. The van der Waals surface area contributed by atoms with Crippen LogP contribution >= 0.6 is 0 Å². The van der Waals surface area contributed by atoms with Gasteiger partial charge < -0.3 is 10.0 Å². The first kappa shape index (κ1) is 15.4. The largest absolute Gasteiger partial charge is 0.387 e. The van der Waals surface area contributed by atoms with Crippen molar-refractivity contribution in [1.29, 1.82) is 0 Å². The lowest BCUT2D eigenvalue weighted by Crippen LogP contribution is -2.53. The Balaban J connectivity index is 2.10. The van der Waals surface area contributed by atoms with Crippen LogP contribution in [0.4, 0.5) is 5.82 Å². The summed E-state index contributed by atoms with van der Waals surface area (Å²) >= 11 is 0. The van der Waals surface area contributed by atoms with Crippen LogP contribution in [0.15, 0.2) is 12.1 Å². The quantitative estimate of drug-likeness (QED) is 0.825. The van der Waals surface area contributed by atoms with Gasteiger partial charge in [-0.3, -0.25) is 14.5 Å². The van der Waals surface area contributed by atoms with Gasteiger partial charge in [0.2, 0.25) is 11.8 Å². The van der Waals surface area contributed by atoms with E-state index in [0.29, 0.717) is 18.9 Å². The van der Waals surface area contributed by atoms with Crippen LogP contribution in [0.25, 0.3) is 0 Å². The molecule has 114 valence electrons. The Kier molecular flexibility index (Phi) is 4.22. The van der Waals surface area contributed by atoms with Gasteiger partial charge in [-0.15, -0.1) is 5.10 Å². The van der Waals surface area contributed by atoms with Crippen molar-refractivity contribution >= 4 is 17.6 Å². The maximum Gasteiger partial charge on any atom is 0.248 e. The predicted octanol–water partition coefficient (Wildman–Crippen LogP) is -0.0584. The maximum atomic E-state index is 12.1. The molecule has 21 heavy (non-hydrogen) atoms. The standard InChI is InChI=1S/C14H20N4O3/c1-14(2,3)10-4-5-11(16-15-10)18-7-6-17(8-12(18)20)13(21)9-19/h4-5,19H,6-9H2,1-3H3. The summed E-state index contributed by atoms with van der Waals surface area (Å²) in [5.74, 6) is -0.165. The zero-order valence-corrected chi connectivity index (χ0v) is 12.5. The number of aliphatic hydroxyl groups is 1. The molecule has 1 aromatic rings. The summed E-state index contributed by atoms with van der Waals surface area (Å²) < 4.78 is 0. The summed E-state index contributed by atoms with van der Waals surface area (Å²) in [6.45, 7) is 6.25. The van der Waals surface area contributed by atoms with Crippen molar-refractivity contribution < 1.29 is 14.7 Å². The third-order valence-corrected chi connectivity index (χ3v) is 3.40. The highest BCUT2D eigenvalue weighted by molar-refractivity contribution is 5.97. The van der Waals surface area contributed by atoms with Gasteiger partial charge in [-0.1, -0.05) is 20.8 Å². The van der Waals surface area contributed by atoms with E-state index in [-0.39, 0.29) is 17.9 Å². The van der Waals surface area contributed by atoms with Crippen LogP contribution < -0.4 is 4.90 Å². The Morgan fingerprint density at radius 1 is 1.29 bits per heavy atom. The molecule has 1 fully saturated rings. The Morgan fingerprint density at radius 3 is 2.48 bits per heavy atom. The number of nitrogens with zero attached hydrogens (tertiary/aromatic N) is 4. The zero-order chi connectivity index (χ0) is 15.6. The lowest BCUT2D eigenvalue weighted by Gasteiger charge is -2.33. The van der Waals surface area contributed by atoms with Crippen LogP contribution in [-0.4, -0.2) is 58.3 Å². The van der Waals surface area contributed by atoms with E-state index >= 15 is 0 Å². The van der Waals surface area contributed by atoms with Crippen molar-refractivity contribution in [2.24, 2.45) is 0 Å². The highest BCUT2D eigenvalue weighted by Gasteiger charge is 2.28. The van der Waals surface area contributed by atoms with Crippen LogP contribution in [0.3, 0.4) is 0 Å². The monoisotopic (exact) mass is 292 g/mol. The number of aromatic nitrogens is 2. The number of amides is 2. The second-order valence-corrected chi connectivity index (χ2v) is 6.05. The van der Waals surface area contributed by atoms with E-state index in [1.165, 1.54) is 9.80 Å². The highest BCUT2D eigenvalue weighted by atomic mass is 16.3. The molecule has 1 aliphatic rings. The number of hydrogen-bond acceptors (Lipinski definition) is 5. The van der Waals surface area contributed by atoms with Gasteiger partial charge in [-0.05, 0) is 12.1 Å². The molecule has 7 heteroatoms. The van der Waals surface area contributed by atoms with Gasteiger partial charge in [0.05, 0.1) is 5.69 Å². The van der Waals surface area contributed by atoms with E-state index in [4.69, 9.17) is 5.11 Å². The first-order valence-corrected chi connectivity index (χ1v) is 6.86. The van der Waals surface area contributed by atoms with Gasteiger partial charge in [0.25, 0.3) is 0 Å². The lowest BCUT2D eigenvalue weighted by atomic mass is 9.92. The first-order chi connectivity index (χ1) is 9.82. The van der Waals surface area contributed by atoms with Gasteiger partial charge in [0, 0.05) is 18.5 Å². The van der Waals surface area contributed by atoms with Crippen molar-refractivity contribution in [2.75, 3.05) is 31.1 Å².